The smallest absolute Gasteiger partial charge is 0.481 e. The Morgan fingerprint density at radius 3 is 2.33 bits per heavy atom. The largest absolute Gasteiger partial charge is 0.506 e. The van der Waals surface area contributed by atoms with Crippen molar-refractivity contribution in [3.63, 3.8) is 0 Å². The van der Waals surface area contributed by atoms with Crippen molar-refractivity contribution in [2.24, 2.45) is 5.41 Å². The molecule has 376 valence electrons. The van der Waals surface area contributed by atoms with Crippen molar-refractivity contribution < 1.29 is 104 Å². The van der Waals surface area contributed by atoms with Crippen molar-refractivity contribution in [1.82, 2.24) is 40.5 Å². The number of carbonyl (C=O) groups excluding carboxylic acids is 3. The molecule has 67 heavy (non-hydrogen) atoms. The molecule has 31 nitrogen and oxygen atoms in total. The van der Waals surface area contributed by atoms with Gasteiger partial charge in [0.15, 0.2) is 17.7 Å². The zero-order chi connectivity index (χ0) is 50.1. The van der Waals surface area contributed by atoms with Crippen LogP contribution in [0.3, 0.4) is 0 Å². The molecule has 14 N–H and O–H groups in total. The topological polar surface area (TPSA) is 476 Å². The number of aliphatic hydroxyl groups excluding tert-OH is 2. The number of phosphoric ester groups is 4. The number of nitrogens with zero attached hydrogens (tertiary/aromatic N) is 5. The van der Waals surface area contributed by atoms with Gasteiger partial charge in [0.05, 0.1) is 38.4 Å². The fourth-order valence-electron chi connectivity index (χ4n) is 5.80. The number of aromatic hydroxyl groups is 1. The third-order valence-corrected chi connectivity index (χ3v) is 13.6. The highest BCUT2D eigenvalue weighted by atomic mass is 32.2. The van der Waals surface area contributed by atoms with Crippen LogP contribution in [-0.4, -0.2) is 149 Å². The molecule has 1 saturated heterocycles. The van der Waals surface area contributed by atoms with Crippen molar-refractivity contribution in [1.29, 1.82) is 0 Å². The molecule has 0 aromatic carbocycles. The summed E-state index contributed by atoms with van der Waals surface area (Å²) in [6.07, 6.45) is -5.96. The Morgan fingerprint density at radius 1 is 0.970 bits per heavy atom. The van der Waals surface area contributed by atoms with Crippen LogP contribution in [0.25, 0.3) is 11.2 Å². The van der Waals surface area contributed by atoms with E-state index in [0.717, 1.165) is 29.0 Å². The third kappa shape index (κ3) is 17.2. The molecular formula is C31H49N9O22P4S. The summed E-state index contributed by atoms with van der Waals surface area (Å²) in [5, 5.41) is 39.2. The highest BCUT2D eigenvalue weighted by Gasteiger charge is 2.50. The van der Waals surface area contributed by atoms with Gasteiger partial charge >= 0.3 is 31.3 Å². The van der Waals surface area contributed by atoms with Crippen molar-refractivity contribution >= 4 is 77.0 Å². The Kier molecular flexibility index (Phi) is 19.7. The highest BCUT2D eigenvalue weighted by molar-refractivity contribution is 8.13. The maximum atomic E-state index is 12.7. The molecule has 36 heteroatoms. The molecule has 0 radical (unpaired) electrons. The molecule has 1 aliphatic rings. The van der Waals surface area contributed by atoms with E-state index in [2.05, 4.69) is 49.2 Å². The van der Waals surface area contributed by atoms with Gasteiger partial charge in [0, 0.05) is 54.5 Å². The van der Waals surface area contributed by atoms with Gasteiger partial charge in [0.25, 0.3) is 0 Å². The molecule has 0 aliphatic carbocycles. The molecular weight excluding hydrogens is 1010 g/mol. The molecule has 3 aromatic heterocycles. The minimum atomic E-state index is -5.62. The Labute approximate surface area is 383 Å². The minimum Gasteiger partial charge on any atom is -0.506 e. The molecule has 2 amide bonds. The summed E-state index contributed by atoms with van der Waals surface area (Å²) in [6, 6.07) is 0. The van der Waals surface area contributed by atoms with Crippen LogP contribution in [0, 0.1) is 12.3 Å². The fourth-order valence-corrected chi connectivity index (χ4v) is 9.57. The average Bonchev–Trinajstić information content (AvgIpc) is 3.78. The molecule has 1 aliphatic heterocycles. The molecule has 7 atom stereocenters. The zero-order valence-corrected chi connectivity index (χ0v) is 39.7. The number of hydrogen-bond donors (Lipinski definition) is 13. The van der Waals surface area contributed by atoms with Gasteiger partial charge in [-0.1, -0.05) is 25.6 Å². The molecule has 7 unspecified atom stereocenters. The number of nitrogens with two attached hydrogens (primary N) is 1. The van der Waals surface area contributed by atoms with E-state index < -0.39 is 99.0 Å². The SMILES string of the molecule is Cc1ncc(COP(=O)(O)O)c(CNCC(=O)SCCNC(=O)CCNC(=O)C(O)C(C)(C)COP(=O)(O)OP(=O)(O)OCC2OC(n3cnc4c(N)ncnc43)C(O)C2OP(=O)(O)O)c1O. The molecule has 4 heterocycles. The van der Waals surface area contributed by atoms with E-state index in [9.17, 15) is 67.5 Å². The van der Waals surface area contributed by atoms with Crippen LogP contribution in [0.1, 0.15) is 43.3 Å². The maximum Gasteiger partial charge on any atom is 0.481 e. The Hall–Kier alpha value is -3.42. The third-order valence-electron chi connectivity index (χ3n) is 9.15. The molecule has 0 bridgehead atoms. The van der Waals surface area contributed by atoms with Gasteiger partial charge in [-0.25, -0.2) is 33.2 Å². The summed E-state index contributed by atoms with van der Waals surface area (Å²) in [5.41, 5.74) is 4.81. The first-order valence-corrected chi connectivity index (χ1v) is 26.1. The van der Waals surface area contributed by atoms with Gasteiger partial charge < -0.3 is 71.1 Å². The van der Waals surface area contributed by atoms with Gasteiger partial charge in [-0.3, -0.25) is 42.0 Å². The number of aryl methyl sites for hydroxylation is 1. The lowest BCUT2D eigenvalue weighted by atomic mass is 9.87. The summed E-state index contributed by atoms with van der Waals surface area (Å²) in [5.74, 6) is -1.74. The number of pyridine rings is 1. The van der Waals surface area contributed by atoms with Gasteiger partial charge in [-0.2, -0.15) is 4.31 Å². The highest BCUT2D eigenvalue weighted by Crippen LogP contribution is 2.61. The van der Waals surface area contributed by atoms with Crippen molar-refractivity contribution in [2.75, 3.05) is 44.3 Å². The maximum absolute atomic E-state index is 12.7. The number of imidazole rings is 1. The number of nitrogens with one attached hydrogen (secondary N) is 3. The monoisotopic (exact) mass is 1060 g/mol. The quantitative estimate of drug-likeness (QED) is 0.0320. The van der Waals surface area contributed by atoms with Crippen molar-refractivity contribution in [2.45, 2.75) is 71.0 Å². The van der Waals surface area contributed by atoms with Crippen LogP contribution in [0.4, 0.5) is 5.82 Å². The van der Waals surface area contributed by atoms with Crippen LogP contribution in [-0.2, 0) is 72.9 Å². The first-order chi connectivity index (χ1) is 31.0. The molecule has 1 fully saturated rings. The predicted molar refractivity (Wildman–Crippen MR) is 226 cm³/mol. The van der Waals surface area contributed by atoms with E-state index in [1.165, 1.54) is 27.0 Å². The number of anilines is 1. The summed E-state index contributed by atoms with van der Waals surface area (Å²) >= 11 is 0.865. The number of nitrogen functional groups attached to an aromatic ring is 1. The van der Waals surface area contributed by atoms with Crippen molar-refractivity contribution in [3.05, 3.63) is 35.7 Å². The van der Waals surface area contributed by atoms with E-state index in [1.807, 2.05) is 0 Å². The van der Waals surface area contributed by atoms with Crippen molar-refractivity contribution in [3.8, 4) is 5.75 Å². The molecule has 3 aromatic rings. The number of amides is 2. The molecule has 0 spiro atoms. The molecule has 4 rings (SSSR count). The van der Waals surface area contributed by atoms with E-state index in [4.69, 9.17) is 29.3 Å². The number of aliphatic hydroxyl groups is 2. The number of aromatic nitrogens is 5. The van der Waals surface area contributed by atoms with E-state index in [1.54, 1.807) is 0 Å². The number of thioether (sulfide) groups is 1. The van der Waals surface area contributed by atoms with Gasteiger partial charge in [-0.05, 0) is 6.92 Å². The lowest BCUT2D eigenvalue weighted by Crippen LogP contribution is -2.46. The summed E-state index contributed by atoms with van der Waals surface area (Å²) in [7, 11) is -21.3. The van der Waals surface area contributed by atoms with Crippen LogP contribution in [0.2, 0.25) is 0 Å². The van der Waals surface area contributed by atoms with Crippen LogP contribution < -0.4 is 21.7 Å². The first-order valence-electron chi connectivity index (χ1n) is 19.1. The van der Waals surface area contributed by atoms with Gasteiger partial charge in [-0.15, -0.1) is 0 Å². The second kappa shape index (κ2) is 23.5. The second-order valence-electron chi connectivity index (χ2n) is 14.9. The average molecular weight is 1060 g/mol. The summed E-state index contributed by atoms with van der Waals surface area (Å²) < 4.78 is 77.8. The predicted octanol–water partition coefficient (Wildman–Crippen LogP) is -1.53. The van der Waals surface area contributed by atoms with Crippen LogP contribution >= 0.6 is 43.1 Å². The number of rotatable bonds is 26. The van der Waals surface area contributed by atoms with Crippen LogP contribution in [0.15, 0.2) is 18.9 Å². The fraction of sp³-hybridized carbons (Fsp3) is 0.581. The number of ether oxygens (including phenoxy) is 1. The Balaban J connectivity index is 1.16. The van der Waals surface area contributed by atoms with E-state index in [-0.39, 0.29) is 83.0 Å². The second-order valence-corrected chi connectivity index (χ2v) is 21.5. The number of fused-ring (bicyclic) bond motifs is 1. The normalized spacial score (nSPS) is 20.3. The number of phosphoric acid groups is 4. The summed E-state index contributed by atoms with van der Waals surface area (Å²) in [6.45, 7) is 0.793. The Morgan fingerprint density at radius 2 is 1.66 bits per heavy atom. The lowest BCUT2D eigenvalue weighted by molar-refractivity contribution is -0.137. The van der Waals surface area contributed by atoms with E-state index in [0.29, 0.717) is 0 Å². The number of carbonyl (C=O) groups is 3. The zero-order valence-electron chi connectivity index (χ0n) is 35.3. The standard InChI is InChI=1S/C31H49N9O22P4S/c1-16-23(43)18(17(8-36-16)11-57-63(47,48)49)9-33-10-21(42)67-7-6-34-20(41)4-5-35-29(46)26(45)31(2,3)13-59-66(55,56)62-65(53,54)58-12-19-25(61-64(50,51)52)24(44)30(60-19)40-15-39-22-27(32)37-14-38-28(22)40/h8,14-15,19,24-26,30,33,43-45H,4-7,9-13H2,1-3H3,(H,34,41)(H,35,46)(H,53,54)(H,55,56)(H2,32,37,38)(H2,47,48,49)(H2,50,51,52). The lowest BCUT2D eigenvalue weighted by Gasteiger charge is -2.30. The minimum absolute atomic E-state index is 0.0101. The summed E-state index contributed by atoms with van der Waals surface area (Å²) in [4.78, 5) is 110. The van der Waals surface area contributed by atoms with Gasteiger partial charge in [0.1, 0.15) is 42.0 Å². The molecule has 0 saturated carbocycles. The number of hydrogen-bond acceptors (Lipinski definition) is 23. The first kappa shape index (κ1) is 56.2. The van der Waals surface area contributed by atoms with Crippen LogP contribution in [0.5, 0.6) is 5.75 Å². The Bertz CT molecular complexity index is 2440. The van der Waals surface area contributed by atoms with E-state index >= 15 is 0 Å². The van der Waals surface area contributed by atoms with Gasteiger partial charge in [0.2, 0.25) is 16.9 Å².